The van der Waals surface area contributed by atoms with Crippen molar-refractivity contribution in [1.29, 1.82) is 0 Å². The van der Waals surface area contributed by atoms with Crippen LogP contribution in [0.1, 0.15) is 21.8 Å². The molecule has 0 atom stereocenters. The Morgan fingerprint density at radius 2 is 2.27 bits per heavy atom. The van der Waals surface area contributed by atoms with E-state index in [1.165, 1.54) is 6.26 Å². The molecule has 7 heteroatoms. The van der Waals surface area contributed by atoms with E-state index in [0.717, 1.165) is 21.5 Å². The summed E-state index contributed by atoms with van der Waals surface area (Å²) in [6.07, 6.45) is 5.08. The third kappa shape index (κ3) is 1.98. The number of hydrogen-bond donors (Lipinski definition) is 1. The van der Waals surface area contributed by atoms with Crippen LogP contribution in [0, 0.1) is 0 Å². The Morgan fingerprint density at radius 3 is 3.09 bits per heavy atom. The van der Waals surface area contributed by atoms with Crippen molar-refractivity contribution in [3.63, 3.8) is 0 Å². The van der Waals surface area contributed by atoms with Crippen molar-refractivity contribution in [3.05, 3.63) is 70.5 Å². The number of nitrogens with zero attached hydrogens (tertiary/aromatic N) is 3. The van der Waals surface area contributed by atoms with E-state index < -0.39 is 5.91 Å². The number of nitrogens with one attached hydrogen (secondary N) is 1. The van der Waals surface area contributed by atoms with E-state index in [1.54, 1.807) is 18.3 Å². The summed E-state index contributed by atoms with van der Waals surface area (Å²) >= 11 is 3.41. The van der Waals surface area contributed by atoms with E-state index in [2.05, 4.69) is 31.4 Å². The van der Waals surface area contributed by atoms with E-state index in [4.69, 9.17) is 4.42 Å². The van der Waals surface area contributed by atoms with Crippen LogP contribution in [0.5, 0.6) is 0 Å². The standard InChI is InChI=1S/C15H9BrN4O2/c16-9-7-10-13(18-19-15(21)12-4-2-6-22-12)11-3-1-5-20(11)14(10)17-8-9/h1-8H,(H,19,21)/b18-13-. The number of rotatable bonds is 2. The van der Waals surface area contributed by atoms with Crippen LogP contribution >= 0.6 is 15.9 Å². The molecule has 3 aromatic rings. The third-order valence-electron chi connectivity index (χ3n) is 3.32. The SMILES string of the molecule is O=C(N/N=C1/c2cc(Br)cnc2-n2cccc21)c1ccco1. The smallest absolute Gasteiger partial charge is 0.307 e. The lowest BCUT2D eigenvalue weighted by Crippen LogP contribution is -2.19. The zero-order valence-electron chi connectivity index (χ0n) is 11.2. The summed E-state index contributed by atoms with van der Waals surface area (Å²) in [4.78, 5) is 16.4. The van der Waals surface area contributed by atoms with Crippen LogP contribution in [-0.2, 0) is 0 Å². The molecule has 4 heterocycles. The van der Waals surface area contributed by atoms with Gasteiger partial charge in [-0.25, -0.2) is 10.4 Å². The van der Waals surface area contributed by atoms with E-state index in [1.807, 2.05) is 29.0 Å². The van der Waals surface area contributed by atoms with Gasteiger partial charge in [-0.2, -0.15) is 5.10 Å². The van der Waals surface area contributed by atoms with Crippen LogP contribution in [0.4, 0.5) is 0 Å². The van der Waals surface area contributed by atoms with Gasteiger partial charge in [-0.3, -0.25) is 9.36 Å². The highest BCUT2D eigenvalue weighted by molar-refractivity contribution is 9.10. The Kier molecular flexibility index (Phi) is 2.93. The molecule has 0 aromatic carbocycles. The monoisotopic (exact) mass is 356 g/mol. The number of furan rings is 1. The summed E-state index contributed by atoms with van der Waals surface area (Å²) in [5.41, 5.74) is 4.90. The maximum absolute atomic E-state index is 11.9. The van der Waals surface area contributed by atoms with Gasteiger partial charge in [0.2, 0.25) is 0 Å². The van der Waals surface area contributed by atoms with E-state index in [-0.39, 0.29) is 5.76 Å². The number of carbonyl (C=O) groups is 1. The second kappa shape index (κ2) is 4.96. The molecule has 1 amide bonds. The van der Waals surface area contributed by atoms with Gasteiger partial charge in [0.15, 0.2) is 5.76 Å². The van der Waals surface area contributed by atoms with Crippen molar-refractivity contribution < 1.29 is 9.21 Å². The van der Waals surface area contributed by atoms with E-state index in [9.17, 15) is 4.79 Å². The highest BCUT2D eigenvalue weighted by atomic mass is 79.9. The fourth-order valence-corrected chi connectivity index (χ4v) is 2.71. The number of aromatic nitrogens is 2. The van der Waals surface area contributed by atoms with Crippen molar-refractivity contribution in [3.8, 4) is 5.82 Å². The Bertz CT molecular complexity index is 896. The summed E-state index contributed by atoms with van der Waals surface area (Å²) < 4.78 is 7.83. The zero-order valence-corrected chi connectivity index (χ0v) is 12.7. The molecule has 0 bridgehead atoms. The maximum atomic E-state index is 11.9. The van der Waals surface area contributed by atoms with Crippen molar-refractivity contribution in [2.24, 2.45) is 5.10 Å². The number of hydrogen-bond acceptors (Lipinski definition) is 4. The quantitative estimate of drug-likeness (QED) is 0.561. The van der Waals surface area contributed by atoms with Crippen LogP contribution in [0.2, 0.25) is 0 Å². The first kappa shape index (κ1) is 13.0. The van der Waals surface area contributed by atoms with Gasteiger partial charge in [-0.15, -0.1) is 0 Å². The van der Waals surface area contributed by atoms with Crippen LogP contribution in [0.25, 0.3) is 5.82 Å². The van der Waals surface area contributed by atoms with Crippen LogP contribution in [-0.4, -0.2) is 21.2 Å². The average Bonchev–Trinajstić information content (AvgIpc) is 3.22. The minimum atomic E-state index is -0.396. The molecule has 108 valence electrons. The van der Waals surface area contributed by atoms with Gasteiger partial charge in [0.1, 0.15) is 11.5 Å². The minimum Gasteiger partial charge on any atom is -0.459 e. The van der Waals surface area contributed by atoms with Crippen molar-refractivity contribution >= 4 is 27.5 Å². The number of halogens is 1. The van der Waals surface area contributed by atoms with Crippen LogP contribution < -0.4 is 5.43 Å². The number of amides is 1. The molecule has 4 rings (SSSR count). The molecule has 0 aliphatic carbocycles. The molecule has 0 fully saturated rings. The molecule has 6 nitrogen and oxygen atoms in total. The van der Waals surface area contributed by atoms with Crippen LogP contribution in [0.15, 0.2) is 63.0 Å². The summed E-state index contributed by atoms with van der Waals surface area (Å²) in [5, 5.41) is 4.25. The number of pyridine rings is 1. The molecular formula is C15H9BrN4O2. The highest BCUT2D eigenvalue weighted by Gasteiger charge is 2.26. The van der Waals surface area contributed by atoms with E-state index in [0.29, 0.717) is 5.71 Å². The van der Waals surface area contributed by atoms with E-state index >= 15 is 0 Å². The van der Waals surface area contributed by atoms with Gasteiger partial charge in [-0.05, 0) is 46.3 Å². The van der Waals surface area contributed by atoms with Gasteiger partial charge in [0.05, 0.1) is 12.0 Å². The van der Waals surface area contributed by atoms with Crippen molar-refractivity contribution in [2.75, 3.05) is 0 Å². The Balaban J connectivity index is 1.74. The predicted octanol–water partition coefficient (Wildman–Crippen LogP) is 2.72. The molecule has 0 saturated heterocycles. The Labute approximate surface area is 133 Å². The Morgan fingerprint density at radius 1 is 1.36 bits per heavy atom. The topological polar surface area (TPSA) is 72.4 Å². The normalized spacial score (nSPS) is 14.0. The highest BCUT2D eigenvalue weighted by Crippen LogP contribution is 2.28. The van der Waals surface area contributed by atoms with Gasteiger partial charge >= 0.3 is 5.91 Å². The van der Waals surface area contributed by atoms with Crippen molar-refractivity contribution in [2.45, 2.75) is 0 Å². The predicted molar refractivity (Wildman–Crippen MR) is 83.1 cm³/mol. The molecule has 1 aliphatic heterocycles. The third-order valence-corrected chi connectivity index (χ3v) is 3.76. The van der Waals surface area contributed by atoms with Gasteiger partial charge in [0, 0.05) is 22.4 Å². The molecule has 1 aliphatic rings. The molecule has 22 heavy (non-hydrogen) atoms. The first-order valence-electron chi connectivity index (χ1n) is 6.49. The molecule has 0 unspecified atom stereocenters. The zero-order chi connectivity index (χ0) is 15.1. The fraction of sp³-hybridized carbons (Fsp3) is 0. The molecular weight excluding hydrogens is 348 g/mol. The lowest BCUT2D eigenvalue weighted by Gasteiger charge is -2.01. The van der Waals surface area contributed by atoms with Gasteiger partial charge in [-0.1, -0.05) is 0 Å². The molecule has 0 spiro atoms. The van der Waals surface area contributed by atoms with Gasteiger partial charge < -0.3 is 4.42 Å². The lowest BCUT2D eigenvalue weighted by atomic mass is 10.1. The second-order valence-corrected chi connectivity index (χ2v) is 5.58. The summed E-state index contributed by atoms with van der Waals surface area (Å²) in [6.45, 7) is 0. The molecule has 1 N–H and O–H groups in total. The van der Waals surface area contributed by atoms with Crippen LogP contribution in [0.3, 0.4) is 0 Å². The first-order valence-corrected chi connectivity index (χ1v) is 7.29. The molecule has 0 radical (unpaired) electrons. The fourth-order valence-electron chi connectivity index (χ4n) is 2.38. The lowest BCUT2D eigenvalue weighted by molar-refractivity contribution is 0.0927. The summed E-state index contributed by atoms with van der Waals surface area (Å²) in [5.74, 6) is 0.603. The summed E-state index contributed by atoms with van der Waals surface area (Å²) in [7, 11) is 0. The minimum absolute atomic E-state index is 0.213. The first-order chi connectivity index (χ1) is 10.7. The Hall–Kier alpha value is -2.67. The summed E-state index contributed by atoms with van der Waals surface area (Å²) in [6, 6.07) is 8.99. The largest absolute Gasteiger partial charge is 0.459 e. The number of hydrazone groups is 1. The second-order valence-electron chi connectivity index (χ2n) is 4.67. The number of fused-ring (bicyclic) bond motifs is 3. The molecule has 0 saturated carbocycles. The maximum Gasteiger partial charge on any atom is 0.307 e. The molecule has 3 aromatic heterocycles. The average molecular weight is 357 g/mol. The number of carbonyl (C=O) groups excluding carboxylic acids is 1. The van der Waals surface area contributed by atoms with Gasteiger partial charge in [0.25, 0.3) is 0 Å². The van der Waals surface area contributed by atoms with Crippen molar-refractivity contribution in [1.82, 2.24) is 15.0 Å².